The lowest BCUT2D eigenvalue weighted by Crippen LogP contribution is -2.57. The molecule has 92 valence electrons. The van der Waals surface area contributed by atoms with Crippen LogP contribution in [0.4, 0.5) is 10.5 Å². The number of aryl methyl sites for hydroxylation is 1. The molecule has 1 aliphatic rings. The van der Waals surface area contributed by atoms with Crippen LogP contribution in [0.2, 0.25) is 0 Å². The van der Waals surface area contributed by atoms with Crippen LogP contribution in [-0.4, -0.2) is 23.9 Å². The van der Waals surface area contributed by atoms with Crippen molar-refractivity contribution in [3.05, 3.63) is 29.8 Å². The topological polar surface area (TPSA) is 100.0 Å². The molecule has 2 N–H and O–H groups in total. The van der Waals surface area contributed by atoms with E-state index in [1.165, 1.54) is 0 Å². The summed E-state index contributed by atoms with van der Waals surface area (Å²) in [5, 5.41) is 11.3. The van der Waals surface area contributed by atoms with Crippen molar-refractivity contribution in [1.82, 2.24) is 10.6 Å². The van der Waals surface area contributed by atoms with Crippen molar-refractivity contribution in [3.8, 4) is 0 Å². The van der Waals surface area contributed by atoms with Crippen LogP contribution in [0.15, 0.2) is 34.5 Å². The summed E-state index contributed by atoms with van der Waals surface area (Å²) in [6, 6.07) is 4.92. The fraction of sp³-hybridized carbons (Fsp3) is 0.182. The Morgan fingerprint density at radius 1 is 1.00 bits per heavy atom. The van der Waals surface area contributed by atoms with E-state index < -0.39 is 23.9 Å². The highest BCUT2D eigenvalue weighted by molar-refractivity contribution is 6.18. The third-order valence-electron chi connectivity index (χ3n) is 2.29. The molecule has 0 radical (unpaired) electrons. The standard InChI is InChI=1S/C11H10N4O3/c1-6-2-4-7(5-3-6)14-15-8-9(16)12-11(18)13-10(8)17/h2-5,8H,1H3,(H2,12,13,16,17,18). The summed E-state index contributed by atoms with van der Waals surface area (Å²) in [4.78, 5) is 33.5. The molecule has 1 aromatic carbocycles. The number of hydrogen-bond donors (Lipinski definition) is 2. The molecule has 1 aromatic rings. The lowest BCUT2D eigenvalue weighted by Gasteiger charge is -2.15. The van der Waals surface area contributed by atoms with Gasteiger partial charge in [-0.05, 0) is 19.1 Å². The number of carbonyl (C=O) groups is 3. The molecular formula is C11H10N4O3. The number of hydrogen-bond acceptors (Lipinski definition) is 5. The molecule has 1 aliphatic heterocycles. The SMILES string of the molecule is Cc1ccc(N=NC2C(=O)NC(=O)NC2=O)cc1. The first kappa shape index (κ1) is 11.9. The highest BCUT2D eigenvalue weighted by Crippen LogP contribution is 2.14. The summed E-state index contributed by atoms with van der Waals surface area (Å²) < 4.78 is 0. The number of nitrogens with one attached hydrogen (secondary N) is 2. The van der Waals surface area contributed by atoms with E-state index >= 15 is 0 Å². The molecule has 0 unspecified atom stereocenters. The van der Waals surface area contributed by atoms with Crippen LogP contribution < -0.4 is 10.6 Å². The van der Waals surface area contributed by atoms with Gasteiger partial charge in [0.2, 0.25) is 6.04 Å². The highest BCUT2D eigenvalue weighted by atomic mass is 16.2. The average molecular weight is 246 g/mol. The summed E-state index contributed by atoms with van der Waals surface area (Å²) in [5.41, 5.74) is 1.59. The molecule has 1 heterocycles. The molecule has 7 heteroatoms. The zero-order valence-corrected chi connectivity index (χ0v) is 9.51. The van der Waals surface area contributed by atoms with Crippen LogP contribution in [0.25, 0.3) is 0 Å². The van der Waals surface area contributed by atoms with Gasteiger partial charge in [-0.15, -0.1) is 0 Å². The van der Waals surface area contributed by atoms with Crippen molar-refractivity contribution in [2.75, 3.05) is 0 Å². The van der Waals surface area contributed by atoms with Gasteiger partial charge in [-0.1, -0.05) is 17.7 Å². The third kappa shape index (κ3) is 2.57. The number of amides is 4. The van der Waals surface area contributed by atoms with Crippen molar-refractivity contribution < 1.29 is 14.4 Å². The minimum Gasteiger partial charge on any atom is -0.275 e. The first-order chi connectivity index (χ1) is 8.56. The van der Waals surface area contributed by atoms with Gasteiger partial charge in [0.1, 0.15) is 0 Å². The van der Waals surface area contributed by atoms with Crippen molar-refractivity contribution in [1.29, 1.82) is 0 Å². The minimum absolute atomic E-state index is 0.526. The first-order valence-corrected chi connectivity index (χ1v) is 5.19. The van der Waals surface area contributed by atoms with E-state index in [0.29, 0.717) is 5.69 Å². The van der Waals surface area contributed by atoms with Gasteiger partial charge in [0.05, 0.1) is 5.69 Å². The highest BCUT2D eigenvalue weighted by Gasteiger charge is 2.34. The monoisotopic (exact) mass is 246 g/mol. The lowest BCUT2D eigenvalue weighted by molar-refractivity contribution is -0.131. The molecule has 0 bridgehead atoms. The molecule has 2 rings (SSSR count). The van der Waals surface area contributed by atoms with Gasteiger partial charge in [0.15, 0.2) is 0 Å². The number of nitrogens with zero attached hydrogens (tertiary/aromatic N) is 2. The van der Waals surface area contributed by atoms with Crippen molar-refractivity contribution >= 4 is 23.5 Å². The van der Waals surface area contributed by atoms with Crippen LogP contribution in [0.3, 0.4) is 0 Å². The predicted molar refractivity (Wildman–Crippen MR) is 61.2 cm³/mol. The molecule has 0 spiro atoms. The molecule has 1 fully saturated rings. The third-order valence-corrected chi connectivity index (χ3v) is 2.29. The van der Waals surface area contributed by atoms with Crippen LogP contribution in [0, 0.1) is 6.92 Å². The second-order valence-corrected chi connectivity index (χ2v) is 3.76. The molecule has 0 atom stereocenters. The van der Waals surface area contributed by atoms with Crippen molar-refractivity contribution in [2.24, 2.45) is 10.2 Å². The Morgan fingerprint density at radius 2 is 1.56 bits per heavy atom. The van der Waals surface area contributed by atoms with Crippen LogP contribution >= 0.6 is 0 Å². The number of carbonyl (C=O) groups excluding carboxylic acids is 3. The summed E-state index contributed by atoms with van der Waals surface area (Å²) in [6.07, 6.45) is 0. The fourth-order valence-electron chi connectivity index (χ4n) is 1.35. The van der Waals surface area contributed by atoms with Gasteiger partial charge >= 0.3 is 6.03 Å². The normalized spacial score (nSPS) is 16.8. The van der Waals surface area contributed by atoms with E-state index in [-0.39, 0.29) is 0 Å². The number of barbiturate groups is 1. The summed E-state index contributed by atoms with van der Waals surface area (Å²) >= 11 is 0. The summed E-state index contributed by atoms with van der Waals surface area (Å²) in [7, 11) is 0. The molecule has 1 saturated heterocycles. The molecule has 18 heavy (non-hydrogen) atoms. The van der Waals surface area contributed by atoms with Gasteiger partial charge in [0, 0.05) is 0 Å². The Morgan fingerprint density at radius 3 is 2.11 bits per heavy atom. The maximum atomic E-state index is 11.3. The number of imide groups is 2. The maximum Gasteiger partial charge on any atom is 0.328 e. The summed E-state index contributed by atoms with van der Waals surface area (Å²) in [6.45, 7) is 1.93. The van der Waals surface area contributed by atoms with E-state index in [2.05, 4.69) is 10.2 Å². The van der Waals surface area contributed by atoms with Gasteiger partial charge in [-0.3, -0.25) is 20.2 Å². The van der Waals surface area contributed by atoms with Crippen molar-refractivity contribution in [3.63, 3.8) is 0 Å². The first-order valence-electron chi connectivity index (χ1n) is 5.19. The number of urea groups is 1. The quantitative estimate of drug-likeness (QED) is 0.596. The van der Waals surface area contributed by atoms with E-state index in [4.69, 9.17) is 0 Å². The van der Waals surface area contributed by atoms with Gasteiger partial charge < -0.3 is 0 Å². The average Bonchev–Trinajstić information content (AvgIpc) is 2.30. The second kappa shape index (κ2) is 4.74. The smallest absolute Gasteiger partial charge is 0.275 e. The van der Waals surface area contributed by atoms with Gasteiger partial charge in [-0.2, -0.15) is 10.2 Å². The summed E-state index contributed by atoms with van der Waals surface area (Å²) in [5.74, 6) is -1.56. The van der Waals surface area contributed by atoms with Crippen LogP contribution in [0.5, 0.6) is 0 Å². The Labute approximate surface area is 102 Å². The largest absolute Gasteiger partial charge is 0.328 e. The zero-order valence-electron chi connectivity index (χ0n) is 9.51. The second-order valence-electron chi connectivity index (χ2n) is 3.76. The maximum absolute atomic E-state index is 11.3. The van der Waals surface area contributed by atoms with Crippen LogP contribution in [-0.2, 0) is 9.59 Å². The Balaban J connectivity index is 2.13. The Bertz CT molecular complexity index is 516. The van der Waals surface area contributed by atoms with Crippen LogP contribution in [0.1, 0.15) is 5.56 Å². The lowest BCUT2D eigenvalue weighted by atomic mass is 10.2. The molecule has 4 amide bonds. The number of rotatable bonds is 2. The van der Waals surface area contributed by atoms with Gasteiger partial charge in [-0.25, -0.2) is 4.79 Å². The molecule has 7 nitrogen and oxygen atoms in total. The minimum atomic E-state index is -1.33. The molecule has 0 aliphatic carbocycles. The van der Waals surface area contributed by atoms with E-state index in [0.717, 1.165) is 5.56 Å². The Kier molecular flexibility index (Phi) is 3.13. The zero-order chi connectivity index (χ0) is 13.1. The molecule has 0 aromatic heterocycles. The molecule has 0 saturated carbocycles. The predicted octanol–water partition coefficient (Wildman–Crippen LogP) is 0.813. The fourth-order valence-corrected chi connectivity index (χ4v) is 1.35. The van der Waals surface area contributed by atoms with Gasteiger partial charge in [0.25, 0.3) is 11.8 Å². The number of azo groups is 1. The molecular weight excluding hydrogens is 236 g/mol. The number of benzene rings is 1. The van der Waals surface area contributed by atoms with E-state index in [9.17, 15) is 14.4 Å². The van der Waals surface area contributed by atoms with Crippen molar-refractivity contribution in [2.45, 2.75) is 13.0 Å². The Hall–Kier alpha value is -2.57. The van der Waals surface area contributed by atoms with E-state index in [1.54, 1.807) is 12.1 Å². The van der Waals surface area contributed by atoms with E-state index in [1.807, 2.05) is 29.7 Å².